The lowest BCUT2D eigenvalue weighted by atomic mass is 9.49. The molecule has 186 valence electrons. The predicted molar refractivity (Wildman–Crippen MR) is 140 cm³/mol. The predicted octanol–water partition coefficient (Wildman–Crippen LogP) is 6.89. The van der Waals surface area contributed by atoms with Crippen LogP contribution in [0.5, 0.6) is 0 Å². The van der Waals surface area contributed by atoms with Crippen LogP contribution in [0.1, 0.15) is 43.6 Å². The molecule has 0 aromatic heterocycles. The van der Waals surface area contributed by atoms with E-state index >= 15 is 0 Å². The summed E-state index contributed by atoms with van der Waals surface area (Å²) in [6.45, 7) is 0. The third kappa shape index (κ3) is 3.85. The maximum atomic E-state index is 11.9. The zero-order chi connectivity index (χ0) is 24.9. The van der Waals surface area contributed by atoms with E-state index in [1.807, 2.05) is 0 Å². The summed E-state index contributed by atoms with van der Waals surface area (Å²) in [5, 5.41) is 9.10. The number of esters is 1. The fraction of sp³-hybridized carbons (Fsp3) is 0.355. The molecule has 4 saturated carbocycles. The average molecular weight is 501 g/mol. The Balaban J connectivity index is 1.31. The molecule has 1 N–H and O–H groups in total. The first-order valence-electron chi connectivity index (χ1n) is 12.8. The molecule has 0 amide bonds. The number of aliphatic carboxylic acids is 1. The zero-order valence-electron chi connectivity index (χ0n) is 20.5. The summed E-state index contributed by atoms with van der Waals surface area (Å²) >= 11 is 0. The standard InChI is InChI=1S/C31H32O4S/c1-36(25-8-4-2-5-9-25,26-10-6-3-7-11-26)27-14-12-22(13-15-27)28-23-16-21-17-24(28)20-31(18-21,19-23)35-30(34)29(32)33/h2-15,21,23-24,28H,16-20H2,1H3,(H,32,33). The highest BCUT2D eigenvalue weighted by atomic mass is 32.3. The second kappa shape index (κ2) is 8.81. The summed E-state index contributed by atoms with van der Waals surface area (Å²) in [6.07, 6.45) is 7.06. The molecule has 0 saturated heterocycles. The minimum Gasteiger partial charge on any atom is -0.473 e. The van der Waals surface area contributed by atoms with Gasteiger partial charge >= 0.3 is 11.9 Å². The number of ether oxygens (including phenoxy) is 1. The van der Waals surface area contributed by atoms with E-state index in [9.17, 15) is 9.59 Å². The molecule has 7 rings (SSSR count). The maximum Gasteiger partial charge on any atom is 0.417 e. The third-order valence-corrected chi connectivity index (χ3v) is 12.5. The van der Waals surface area contributed by atoms with Crippen LogP contribution in [0.4, 0.5) is 0 Å². The summed E-state index contributed by atoms with van der Waals surface area (Å²) in [4.78, 5) is 27.1. The average Bonchev–Trinajstić information content (AvgIpc) is 2.89. The van der Waals surface area contributed by atoms with Crippen molar-refractivity contribution in [2.24, 2.45) is 17.8 Å². The van der Waals surface area contributed by atoms with Crippen LogP contribution in [0.3, 0.4) is 0 Å². The minimum atomic E-state index is -1.49. The Bertz CT molecular complexity index is 1220. The van der Waals surface area contributed by atoms with Crippen molar-refractivity contribution in [1.29, 1.82) is 0 Å². The van der Waals surface area contributed by atoms with Gasteiger partial charge in [0.1, 0.15) is 5.60 Å². The number of hydrogen-bond donors (Lipinski definition) is 1. The highest BCUT2D eigenvalue weighted by Gasteiger charge is 2.57. The Morgan fingerprint density at radius 2 is 1.28 bits per heavy atom. The first-order valence-corrected chi connectivity index (χ1v) is 14.9. The van der Waals surface area contributed by atoms with Crippen molar-refractivity contribution in [2.75, 3.05) is 6.26 Å². The quantitative estimate of drug-likeness (QED) is 0.306. The molecule has 0 heterocycles. The van der Waals surface area contributed by atoms with Gasteiger partial charge in [-0.25, -0.2) is 9.59 Å². The van der Waals surface area contributed by atoms with E-state index in [1.54, 1.807) is 0 Å². The van der Waals surface area contributed by atoms with Gasteiger partial charge in [-0.15, -0.1) is 0 Å². The van der Waals surface area contributed by atoms with Gasteiger partial charge in [-0.1, -0.05) is 48.5 Å². The Hall–Kier alpha value is -3.05. The first kappa shape index (κ1) is 23.4. The lowest BCUT2D eigenvalue weighted by Crippen LogP contribution is -2.56. The van der Waals surface area contributed by atoms with Crippen LogP contribution in [0.15, 0.2) is 99.6 Å². The first-order chi connectivity index (χ1) is 17.4. The molecule has 4 aliphatic carbocycles. The minimum absolute atomic E-state index is 0.436. The highest BCUT2D eigenvalue weighted by molar-refractivity contribution is 8.33. The van der Waals surface area contributed by atoms with Crippen LogP contribution in [0, 0.1) is 17.8 Å². The highest BCUT2D eigenvalue weighted by Crippen LogP contribution is 2.66. The van der Waals surface area contributed by atoms with Crippen molar-refractivity contribution in [3.8, 4) is 0 Å². The summed E-state index contributed by atoms with van der Waals surface area (Å²) in [5.41, 5.74) is 0.793. The van der Waals surface area contributed by atoms with Gasteiger partial charge < -0.3 is 9.84 Å². The number of carboxylic acid groups (broad SMARTS) is 1. The second-order valence-corrected chi connectivity index (χ2v) is 14.2. The van der Waals surface area contributed by atoms with E-state index < -0.39 is 27.6 Å². The summed E-state index contributed by atoms with van der Waals surface area (Å²) < 4.78 is 5.62. The molecule has 0 aliphatic heterocycles. The largest absolute Gasteiger partial charge is 0.473 e. The Morgan fingerprint density at radius 1 is 0.778 bits per heavy atom. The summed E-state index contributed by atoms with van der Waals surface area (Å²) in [7, 11) is -1.39. The molecule has 3 aromatic carbocycles. The zero-order valence-corrected chi connectivity index (χ0v) is 21.3. The molecule has 0 radical (unpaired) electrons. The van der Waals surface area contributed by atoms with Gasteiger partial charge in [0.15, 0.2) is 0 Å². The van der Waals surface area contributed by atoms with Crippen molar-refractivity contribution >= 4 is 22.0 Å². The Kier molecular flexibility index (Phi) is 5.71. The molecule has 36 heavy (non-hydrogen) atoms. The number of hydrogen-bond acceptors (Lipinski definition) is 3. The van der Waals surface area contributed by atoms with Crippen molar-refractivity contribution in [3.05, 3.63) is 90.5 Å². The van der Waals surface area contributed by atoms with Crippen molar-refractivity contribution in [1.82, 2.24) is 0 Å². The van der Waals surface area contributed by atoms with Crippen LogP contribution in [-0.4, -0.2) is 28.9 Å². The van der Waals surface area contributed by atoms with Crippen LogP contribution in [0.25, 0.3) is 0 Å². The van der Waals surface area contributed by atoms with Crippen LogP contribution >= 0.6 is 10.0 Å². The third-order valence-electron chi connectivity index (χ3n) is 8.87. The fourth-order valence-electron chi connectivity index (χ4n) is 7.62. The number of benzene rings is 3. The van der Waals surface area contributed by atoms with E-state index in [-0.39, 0.29) is 0 Å². The van der Waals surface area contributed by atoms with E-state index in [2.05, 4.69) is 91.2 Å². The van der Waals surface area contributed by atoms with E-state index in [4.69, 9.17) is 9.84 Å². The van der Waals surface area contributed by atoms with Crippen molar-refractivity contribution < 1.29 is 19.4 Å². The van der Waals surface area contributed by atoms with Gasteiger partial charge in [-0.3, -0.25) is 0 Å². The lowest BCUT2D eigenvalue weighted by molar-refractivity contribution is -0.196. The van der Waals surface area contributed by atoms with Crippen LogP contribution in [-0.2, 0) is 14.3 Å². The van der Waals surface area contributed by atoms with Crippen LogP contribution < -0.4 is 0 Å². The number of carboxylic acids is 1. The van der Waals surface area contributed by atoms with Gasteiger partial charge in [0.2, 0.25) is 0 Å². The van der Waals surface area contributed by atoms with Crippen molar-refractivity contribution in [2.45, 2.75) is 58.3 Å². The molecule has 4 nitrogen and oxygen atoms in total. The number of rotatable bonds is 5. The van der Waals surface area contributed by atoms with Gasteiger partial charge in [-0.2, -0.15) is 10.0 Å². The second-order valence-electron chi connectivity index (χ2n) is 11.0. The molecule has 2 atom stereocenters. The normalized spacial score (nSPS) is 29.0. The van der Waals surface area contributed by atoms with Gasteiger partial charge in [0.25, 0.3) is 0 Å². The molecule has 3 aromatic rings. The van der Waals surface area contributed by atoms with E-state index in [1.165, 1.54) is 20.2 Å². The summed E-state index contributed by atoms with van der Waals surface area (Å²) in [6, 6.07) is 30.9. The molecule has 0 spiro atoms. The molecule has 4 bridgehead atoms. The molecular formula is C31H32O4S. The monoisotopic (exact) mass is 500 g/mol. The topological polar surface area (TPSA) is 63.6 Å². The smallest absolute Gasteiger partial charge is 0.417 e. The number of carbonyl (C=O) groups excluding carboxylic acids is 1. The molecule has 4 aliphatic rings. The fourth-order valence-corrected chi connectivity index (χ4v) is 10.5. The molecule has 4 fully saturated rings. The van der Waals surface area contributed by atoms with E-state index in [0.717, 1.165) is 32.1 Å². The maximum absolute atomic E-state index is 11.9. The SMILES string of the molecule is CS(c1ccccc1)(c1ccccc1)c1ccc(C2C3CC4CC2CC(OC(=O)C(=O)O)(C4)C3)cc1. The number of carbonyl (C=O) groups is 2. The molecule has 5 heteroatoms. The summed E-state index contributed by atoms with van der Waals surface area (Å²) in [5.74, 6) is -0.732. The molecular weight excluding hydrogens is 468 g/mol. The van der Waals surface area contributed by atoms with Gasteiger partial charge in [-0.05, 0) is 119 Å². The van der Waals surface area contributed by atoms with Crippen LogP contribution in [0.2, 0.25) is 0 Å². The Morgan fingerprint density at radius 3 is 1.78 bits per heavy atom. The molecule has 2 unspecified atom stereocenters. The van der Waals surface area contributed by atoms with Crippen molar-refractivity contribution in [3.63, 3.8) is 0 Å². The van der Waals surface area contributed by atoms with Gasteiger partial charge in [0.05, 0.1) is 0 Å². The lowest BCUT2D eigenvalue weighted by Gasteiger charge is -2.59. The van der Waals surface area contributed by atoms with E-state index in [0.29, 0.717) is 23.7 Å². The Labute approximate surface area is 214 Å². The van der Waals surface area contributed by atoms with Gasteiger partial charge in [0, 0.05) is 0 Å².